The van der Waals surface area contributed by atoms with Crippen molar-refractivity contribution in [3.63, 3.8) is 0 Å². The summed E-state index contributed by atoms with van der Waals surface area (Å²) in [5.41, 5.74) is 6.43. The highest BCUT2D eigenvalue weighted by Gasteiger charge is 2.39. The van der Waals surface area contributed by atoms with Crippen LogP contribution in [0.3, 0.4) is 0 Å². The highest BCUT2D eigenvalue weighted by Crippen LogP contribution is 2.38. The van der Waals surface area contributed by atoms with Crippen molar-refractivity contribution in [3.05, 3.63) is 83.2 Å². The fourth-order valence-corrected chi connectivity index (χ4v) is 5.89. The number of hydrogen-bond acceptors (Lipinski definition) is 4. The van der Waals surface area contributed by atoms with Crippen LogP contribution in [0.1, 0.15) is 48.3 Å². The molecular weight excluding hydrogens is 476 g/mol. The number of ether oxygens (including phenoxy) is 1. The van der Waals surface area contributed by atoms with Gasteiger partial charge in [-0.1, -0.05) is 36.4 Å². The Labute approximate surface area is 223 Å². The number of nitrogens with zero attached hydrogens (tertiary/aromatic N) is 3. The summed E-state index contributed by atoms with van der Waals surface area (Å²) >= 11 is 0. The summed E-state index contributed by atoms with van der Waals surface area (Å²) in [6.07, 6.45) is 1.07. The smallest absolute Gasteiger partial charge is 0.320 e. The van der Waals surface area contributed by atoms with Crippen molar-refractivity contribution >= 4 is 17.1 Å². The van der Waals surface area contributed by atoms with Crippen LogP contribution in [0.2, 0.25) is 0 Å². The van der Waals surface area contributed by atoms with Crippen LogP contribution in [-0.4, -0.2) is 56.2 Å². The monoisotopic (exact) mass is 510 g/mol. The molecule has 6 rings (SSSR count). The molecule has 7 heteroatoms. The van der Waals surface area contributed by atoms with Crippen molar-refractivity contribution in [2.24, 2.45) is 0 Å². The molecule has 0 spiro atoms. The number of aliphatic hydroxyl groups is 1. The van der Waals surface area contributed by atoms with E-state index >= 15 is 0 Å². The van der Waals surface area contributed by atoms with Crippen LogP contribution in [0.15, 0.2) is 60.7 Å². The van der Waals surface area contributed by atoms with Crippen molar-refractivity contribution in [1.29, 1.82) is 0 Å². The van der Waals surface area contributed by atoms with Gasteiger partial charge in [0.05, 0.1) is 35.8 Å². The quantitative estimate of drug-likeness (QED) is 0.360. The lowest BCUT2D eigenvalue weighted by atomic mass is 9.85. The summed E-state index contributed by atoms with van der Waals surface area (Å²) in [6, 6.07) is 20.4. The maximum Gasteiger partial charge on any atom is 0.320 e. The van der Waals surface area contributed by atoms with E-state index in [2.05, 4.69) is 47.2 Å². The molecule has 3 heterocycles. The van der Waals surface area contributed by atoms with Gasteiger partial charge in [-0.25, -0.2) is 9.78 Å². The molecule has 1 fully saturated rings. The minimum absolute atomic E-state index is 0.0118. The summed E-state index contributed by atoms with van der Waals surface area (Å²) in [6.45, 7) is 7.83. The lowest BCUT2D eigenvalue weighted by molar-refractivity contribution is -0.0256. The predicted molar refractivity (Wildman–Crippen MR) is 148 cm³/mol. The molecule has 2 aliphatic heterocycles. The number of rotatable bonds is 2. The summed E-state index contributed by atoms with van der Waals surface area (Å²) < 4.78 is 6.19. The van der Waals surface area contributed by atoms with E-state index in [9.17, 15) is 9.90 Å². The first-order valence-electron chi connectivity index (χ1n) is 13.3. The van der Waals surface area contributed by atoms with Gasteiger partial charge in [-0.2, -0.15) is 0 Å². The number of imidazole rings is 1. The minimum atomic E-state index is -0.800. The van der Waals surface area contributed by atoms with E-state index in [0.29, 0.717) is 39.1 Å². The Hall–Kier alpha value is -3.84. The van der Waals surface area contributed by atoms with E-state index in [4.69, 9.17) is 4.74 Å². The summed E-state index contributed by atoms with van der Waals surface area (Å²) in [4.78, 5) is 25.7. The number of carbonyl (C=O) groups excluding carboxylic acids is 1. The fraction of sp³-hybridized carbons (Fsp3) is 0.355. The molecule has 2 amide bonds. The van der Waals surface area contributed by atoms with Crippen LogP contribution in [0.5, 0.6) is 5.75 Å². The average molecular weight is 511 g/mol. The van der Waals surface area contributed by atoms with Gasteiger partial charge in [0.25, 0.3) is 0 Å². The average Bonchev–Trinajstić information content (AvgIpc) is 3.13. The van der Waals surface area contributed by atoms with E-state index in [1.54, 1.807) is 0 Å². The molecule has 38 heavy (non-hydrogen) atoms. The number of nitrogens with one attached hydrogen (secondary N) is 1. The number of aryl methyl sites for hydroxylation is 2. The second-order valence-corrected chi connectivity index (χ2v) is 11.0. The molecule has 4 aromatic rings. The van der Waals surface area contributed by atoms with Crippen LogP contribution >= 0.6 is 0 Å². The number of carbonyl (C=O) groups is 1. The molecule has 2 N–H and O–H groups in total. The van der Waals surface area contributed by atoms with Crippen molar-refractivity contribution < 1.29 is 14.6 Å². The molecule has 196 valence electrons. The van der Waals surface area contributed by atoms with E-state index in [-0.39, 0.29) is 12.1 Å². The van der Waals surface area contributed by atoms with E-state index in [0.717, 1.165) is 50.4 Å². The van der Waals surface area contributed by atoms with Crippen LogP contribution in [0.4, 0.5) is 4.79 Å². The van der Waals surface area contributed by atoms with Gasteiger partial charge >= 0.3 is 6.03 Å². The second-order valence-electron chi connectivity index (χ2n) is 11.0. The van der Waals surface area contributed by atoms with Gasteiger partial charge in [-0.15, -0.1) is 0 Å². The number of amides is 2. The lowest BCUT2D eigenvalue weighted by Gasteiger charge is -2.44. The maximum absolute atomic E-state index is 14.0. The maximum atomic E-state index is 14.0. The normalized spacial score (nSPS) is 21.6. The summed E-state index contributed by atoms with van der Waals surface area (Å²) in [5.74, 6) is 1.76. The topological polar surface area (TPSA) is 81.7 Å². The van der Waals surface area contributed by atoms with Crippen LogP contribution in [-0.2, 0) is 6.54 Å². The summed E-state index contributed by atoms with van der Waals surface area (Å²) in [7, 11) is 0. The Kier molecular flexibility index (Phi) is 6.11. The third kappa shape index (κ3) is 4.63. The highest BCUT2D eigenvalue weighted by atomic mass is 16.5. The predicted octanol–water partition coefficient (Wildman–Crippen LogP) is 5.75. The third-order valence-corrected chi connectivity index (χ3v) is 7.86. The molecule has 1 aromatic heterocycles. The van der Waals surface area contributed by atoms with Crippen LogP contribution < -0.4 is 4.74 Å². The third-order valence-electron chi connectivity index (χ3n) is 7.86. The van der Waals surface area contributed by atoms with Gasteiger partial charge in [0.15, 0.2) is 0 Å². The molecule has 2 atom stereocenters. The SMILES string of the molecule is Cc1nc2cc(-c3cc(C)c4c(c3)CN(C(=O)N3CC[C@@](C)(O)C[C@@H]3c3ccccc3)CCO4)ccc2[nH]1. The number of fused-ring (bicyclic) bond motifs is 2. The van der Waals surface area contributed by atoms with Gasteiger partial charge in [0.1, 0.15) is 18.2 Å². The van der Waals surface area contributed by atoms with E-state index < -0.39 is 5.60 Å². The van der Waals surface area contributed by atoms with E-state index in [1.165, 1.54) is 0 Å². The molecule has 3 aromatic carbocycles. The fourth-order valence-electron chi connectivity index (χ4n) is 5.89. The number of H-pyrrole nitrogens is 1. The Morgan fingerprint density at radius 3 is 2.71 bits per heavy atom. The second kappa shape index (κ2) is 9.48. The number of piperidine rings is 1. The molecule has 7 nitrogen and oxygen atoms in total. The molecule has 0 radical (unpaired) electrons. The van der Waals surface area contributed by atoms with Crippen LogP contribution in [0.25, 0.3) is 22.2 Å². The first-order valence-corrected chi connectivity index (χ1v) is 13.3. The number of benzene rings is 3. The molecule has 0 bridgehead atoms. The number of aromatic nitrogens is 2. The highest BCUT2D eigenvalue weighted by molar-refractivity contribution is 5.83. The zero-order chi connectivity index (χ0) is 26.4. The number of urea groups is 1. The first-order chi connectivity index (χ1) is 18.3. The largest absolute Gasteiger partial charge is 0.491 e. The van der Waals surface area contributed by atoms with Crippen molar-refractivity contribution in [3.8, 4) is 16.9 Å². The Balaban J connectivity index is 1.31. The van der Waals surface area contributed by atoms with Gasteiger partial charge in [0, 0.05) is 18.5 Å². The zero-order valence-corrected chi connectivity index (χ0v) is 22.2. The van der Waals surface area contributed by atoms with E-state index in [1.807, 2.05) is 54.0 Å². The summed E-state index contributed by atoms with van der Waals surface area (Å²) in [5, 5.41) is 10.8. The van der Waals surface area contributed by atoms with Crippen molar-refractivity contribution in [2.45, 2.75) is 51.8 Å². The Morgan fingerprint density at radius 2 is 1.89 bits per heavy atom. The van der Waals surface area contributed by atoms with Crippen molar-refractivity contribution in [2.75, 3.05) is 19.7 Å². The number of hydrogen-bond donors (Lipinski definition) is 2. The first kappa shape index (κ1) is 24.5. The number of aromatic amines is 1. The molecule has 0 saturated carbocycles. The van der Waals surface area contributed by atoms with Gasteiger partial charge < -0.3 is 24.6 Å². The minimum Gasteiger partial charge on any atom is -0.491 e. The Bertz CT molecular complexity index is 1490. The van der Waals surface area contributed by atoms with Gasteiger partial charge in [-0.05, 0) is 73.7 Å². The Morgan fingerprint density at radius 1 is 1.08 bits per heavy atom. The number of likely N-dealkylation sites (tertiary alicyclic amines) is 1. The molecule has 2 aliphatic rings. The van der Waals surface area contributed by atoms with Gasteiger partial charge in [-0.3, -0.25) is 0 Å². The zero-order valence-electron chi connectivity index (χ0n) is 22.2. The standard InChI is InChI=1S/C31H34N4O3/c1-20-15-24(23-9-10-26-27(17-23)33-21(2)32-26)16-25-19-34(13-14-38-29(20)25)30(36)35-12-11-31(3,37)18-28(35)22-7-5-4-6-8-22/h4-10,15-17,28,37H,11-14,18-19H2,1-3H3,(H,32,33)/t28-,31-/m1/s1. The molecule has 1 saturated heterocycles. The molecule has 0 aliphatic carbocycles. The van der Waals surface area contributed by atoms with Crippen molar-refractivity contribution in [1.82, 2.24) is 19.8 Å². The molecular formula is C31H34N4O3. The molecule has 0 unspecified atom stereocenters. The lowest BCUT2D eigenvalue weighted by Crippen LogP contribution is -2.51. The van der Waals surface area contributed by atoms with Crippen LogP contribution in [0, 0.1) is 13.8 Å². The van der Waals surface area contributed by atoms with Gasteiger partial charge in [0.2, 0.25) is 0 Å².